The normalized spacial score (nSPS) is 26.9. The Morgan fingerprint density at radius 2 is 2.42 bits per heavy atom. The minimum Gasteiger partial charge on any atom is -0.340 e. The van der Waals surface area contributed by atoms with Gasteiger partial charge in [-0.05, 0) is 19.8 Å². The lowest BCUT2D eigenvalue weighted by molar-refractivity contribution is -0.131. The van der Waals surface area contributed by atoms with Crippen LogP contribution in [0.1, 0.15) is 19.8 Å². The molecule has 0 saturated carbocycles. The third-order valence-corrected chi connectivity index (χ3v) is 2.35. The molecule has 1 heterocycles. The van der Waals surface area contributed by atoms with Crippen LogP contribution in [0.25, 0.3) is 0 Å². The molecule has 3 nitrogen and oxygen atoms in total. The van der Waals surface area contributed by atoms with Gasteiger partial charge in [0.25, 0.3) is 0 Å². The van der Waals surface area contributed by atoms with Gasteiger partial charge in [-0.15, -0.1) is 0 Å². The van der Waals surface area contributed by atoms with Crippen molar-refractivity contribution in [2.45, 2.75) is 31.1 Å². The van der Waals surface area contributed by atoms with E-state index in [1.54, 1.807) is 6.92 Å². The summed E-state index contributed by atoms with van der Waals surface area (Å²) in [4.78, 5) is 13.2. The molecule has 1 aliphatic heterocycles. The zero-order valence-corrected chi connectivity index (χ0v) is 8.26. The van der Waals surface area contributed by atoms with Crippen LogP contribution in [0.15, 0.2) is 0 Å². The second kappa shape index (κ2) is 4.14. The summed E-state index contributed by atoms with van der Waals surface area (Å²) in [7, 11) is 0. The van der Waals surface area contributed by atoms with Gasteiger partial charge in [-0.25, -0.2) is 0 Å². The highest BCUT2D eigenvalue weighted by atomic mass is 32.1. The number of carbonyl (C=O) groups excluding carboxylic acids is 1. The fourth-order valence-corrected chi connectivity index (χ4v) is 1.64. The number of carbonyl (C=O) groups is 1. The summed E-state index contributed by atoms with van der Waals surface area (Å²) in [5.41, 5.74) is 5.74. The zero-order chi connectivity index (χ0) is 9.14. The van der Waals surface area contributed by atoms with Crippen LogP contribution in [0.4, 0.5) is 0 Å². The van der Waals surface area contributed by atoms with Gasteiger partial charge in [-0.3, -0.25) is 4.79 Å². The largest absolute Gasteiger partial charge is 0.340 e. The third kappa shape index (κ3) is 2.38. The molecule has 2 N–H and O–H groups in total. The molecular formula is C8H16N2OS. The van der Waals surface area contributed by atoms with E-state index in [2.05, 4.69) is 12.6 Å². The summed E-state index contributed by atoms with van der Waals surface area (Å²) in [6, 6.07) is 0.162. The van der Waals surface area contributed by atoms with Crippen LogP contribution in [-0.2, 0) is 4.79 Å². The summed E-state index contributed by atoms with van der Waals surface area (Å²) < 4.78 is 0. The summed E-state index contributed by atoms with van der Waals surface area (Å²) in [5, 5.41) is -0.199. The lowest BCUT2D eigenvalue weighted by atomic mass is 10.1. The van der Waals surface area contributed by atoms with Crippen LogP contribution >= 0.6 is 12.6 Å². The van der Waals surface area contributed by atoms with E-state index in [9.17, 15) is 4.79 Å². The number of thiol groups is 1. The molecule has 12 heavy (non-hydrogen) atoms. The summed E-state index contributed by atoms with van der Waals surface area (Å²) in [6.45, 7) is 3.34. The Kier molecular flexibility index (Phi) is 3.40. The Morgan fingerprint density at radius 1 is 1.75 bits per heavy atom. The molecule has 70 valence electrons. The average Bonchev–Trinajstić information content (AvgIpc) is 2.03. The van der Waals surface area contributed by atoms with Crippen molar-refractivity contribution in [3.8, 4) is 0 Å². The van der Waals surface area contributed by atoms with Crippen LogP contribution in [0, 0.1) is 0 Å². The number of piperidine rings is 1. The Labute approximate surface area is 78.7 Å². The molecule has 0 aliphatic carbocycles. The molecule has 1 fully saturated rings. The Hall–Kier alpha value is -0.220. The Morgan fingerprint density at radius 3 is 2.92 bits per heavy atom. The molecule has 0 spiro atoms. The topological polar surface area (TPSA) is 46.3 Å². The number of likely N-dealkylation sites (tertiary alicyclic amines) is 1. The van der Waals surface area contributed by atoms with Gasteiger partial charge >= 0.3 is 0 Å². The van der Waals surface area contributed by atoms with Crippen molar-refractivity contribution < 1.29 is 4.79 Å². The lowest BCUT2D eigenvalue weighted by Crippen LogP contribution is -2.47. The monoisotopic (exact) mass is 188 g/mol. The molecule has 0 aromatic heterocycles. The van der Waals surface area contributed by atoms with E-state index < -0.39 is 0 Å². The molecule has 0 aromatic rings. The van der Waals surface area contributed by atoms with Crippen LogP contribution in [-0.4, -0.2) is 35.2 Å². The number of amides is 1. The molecule has 1 aliphatic rings. The zero-order valence-electron chi connectivity index (χ0n) is 7.36. The Bertz CT molecular complexity index is 172. The van der Waals surface area contributed by atoms with Crippen molar-refractivity contribution in [1.82, 2.24) is 4.90 Å². The molecule has 2 atom stereocenters. The van der Waals surface area contributed by atoms with Crippen LogP contribution < -0.4 is 5.73 Å². The van der Waals surface area contributed by atoms with Crippen molar-refractivity contribution in [1.29, 1.82) is 0 Å². The molecule has 1 amide bonds. The summed E-state index contributed by atoms with van der Waals surface area (Å²) in [6.07, 6.45) is 2.05. The van der Waals surface area contributed by atoms with Crippen LogP contribution in [0.5, 0.6) is 0 Å². The van der Waals surface area contributed by atoms with Gasteiger partial charge in [0.15, 0.2) is 0 Å². The van der Waals surface area contributed by atoms with Gasteiger partial charge in [-0.1, -0.05) is 0 Å². The van der Waals surface area contributed by atoms with Gasteiger partial charge in [0.2, 0.25) is 5.91 Å². The van der Waals surface area contributed by atoms with E-state index in [0.717, 1.165) is 19.4 Å². The molecule has 0 bridgehead atoms. The third-order valence-electron chi connectivity index (χ3n) is 2.13. The first-order valence-corrected chi connectivity index (χ1v) is 4.85. The van der Waals surface area contributed by atoms with Gasteiger partial charge in [0, 0.05) is 19.1 Å². The number of nitrogens with zero attached hydrogens (tertiary/aromatic N) is 1. The van der Waals surface area contributed by atoms with Gasteiger partial charge in [0.05, 0.1) is 5.25 Å². The van der Waals surface area contributed by atoms with Crippen molar-refractivity contribution >= 4 is 18.5 Å². The standard InChI is InChI=1S/C8H16N2OS/c1-6(12)8(11)10-4-2-3-7(9)5-10/h6-7,12H,2-5,9H2,1H3. The SMILES string of the molecule is CC(S)C(=O)N1CCCC(N)C1. The Balaban J connectivity index is 2.46. The second-order valence-corrected chi connectivity index (χ2v) is 4.14. The van der Waals surface area contributed by atoms with E-state index >= 15 is 0 Å². The maximum atomic E-state index is 11.4. The van der Waals surface area contributed by atoms with Crippen LogP contribution in [0.2, 0.25) is 0 Å². The minimum atomic E-state index is -0.199. The second-order valence-electron chi connectivity index (χ2n) is 3.36. The van der Waals surface area contributed by atoms with E-state index in [1.807, 2.05) is 4.90 Å². The van der Waals surface area contributed by atoms with Crippen molar-refractivity contribution in [3.63, 3.8) is 0 Å². The molecule has 0 radical (unpaired) electrons. The maximum absolute atomic E-state index is 11.4. The molecule has 1 rings (SSSR count). The quantitative estimate of drug-likeness (QED) is 0.580. The van der Waals surface area contributed by atoms with E-state index in [-0.39, 0.29) is 17.2 Å². The van der Waals surface area contributed by atoms with Crippen molar-refractivity contribution in [2.75, 3.05) is 13.1 Å². The van der Waals surface area contributed by atoms with E-state index in [4.69, 9.17) is 5.73 Å². The highest BCUT2D eigenvalue weighted by Gasteiger charge is 2.22. The predicted octanol–water partition coefficient (Wildman–Crippen LogP) is 0.254. The minimum absolute atomic E-state index is 0.105. The van der Waals surface area contributed by atoms with Gasteiger partial charge in [-0.2, -0.15) is 12.6 Å². The first kappa shape index (κ1) is 9.86. The van der Waals surface area contributed by atoms with Gasteiger partial charge in [0.1, 0.15) is 0 Å². The van der Waals surface area contributed by atoms with E-state index in [0.29, 0.717) is 6.54 Å². The van der Waals surface area contributed by atoms with Crippen molar-refractivity contribution in [2.24, 2.45) is 5.73 Å². The molecule has 2 unspecified atom stereocenters. The first-order valence-electron chi connectivity index (χ1n) is 4.33. The number of rotatable bonds is 1. The van der Waals surface area contributed by atoms with Crippen molar-refractivity contribution in [3.05, 3.63) is 0 Å². The predicted molar refractivity (Wildman–Crippen MR) is 52.2 cm³/mol. The molecule has 0 aromatic carbocycles. The number of nitrogens with two attached hydrogens (primary N) is 1. The molecular weight excluding hydrogens is 172 g/mol. The van der Waals surface area contributed by atoms with E-state index in [1.165, 1.54) is 0 Å². The number of hydrogen-bond acceptors (Lipinski definition) is 3. The fraction of sp³-hybridized carbons (Fsp3) is 0.875. The van der Waals surface area contributed by atoms with Gasteiger partial charge < -0.3 is 10.6 Å². The first-order chi connectivity index (χ1) is 5.61. The summed E-state index contributed by atoms with van der Waals surface area (Å²) in [5.74, 6) is 0.105. The fourth-order valence-electron chi connectivity index (χ4n) is 1.47. The number of hydrogen-bond donors (Lipinski definition) is 2. The summed E-state index contributed by atoms with van der Waals surface area (Å²) >= 11 is 4.10. The highest BCUT2D eigenvalue weighted by molar-refractivity contribution is 7.81. The maximum Gasteiger partial charge on any atom is 0.235 e. The smallest absolute Gasteiger partial charge is 0.235 e. The average molecular weight is 188 g/mol. The molecule has 4 heteroatoms. The van der Waals surface area contributed by atoms with Crippen LogP contribution in [0.3, 0.4) is 0 Å². The lowest BCUT2D eigenvalue weighted by Gasteiger charge is -2.31. The molecule has 1 saturated heterocycles. The highest BCUT2D eigenvalue weighted by Crippen LogP contribution is 2.10.